The Bertz CT molecular complexity index is 604. The largest absolute Gasteiger partial charge is 0.447 e. The van der Waals surface area contributed by atoms with Gasteiger partial charge < -0.3 is 14.5 Å². The van der Waals surface area contributed by atoms with Crippen LogP contribution in [-0.2, 0) is 19.6 Å². The summed E-state index contributed by atoms with van der Waals surface area (Å²) in [5, 5.41) is 6.85. The maximum absolute atomic E-state index is 11.7. The molecule has 0 bridgehead atoms. The monoisotopic (exact) mass is 304 g/mol. The smallest absolute Gasteiger partial charge is 0.375 e. The molecule has 20 heavy (non-hydrogen) atoms. The fourth-order valence-electron chi connectivity index (χ4n) is 1.26. The van der Waals surface area contributed by atoms with Crippen LogP contribution >= 0.6 is 0 Å². The summed E-state index contributed by atoms with van der Waals surface area (Å²) in [6.45, 7) is 4.91. The van der Waals surface area contributed by atoms with Gasteiger partial charge in [0.2, 0.25) is 10.9 Å². The summed E-state index contributed by atoms with van der Waals surface area (Å²) < 4.78 is 31.6. The van der Waals surface area contributed by atoms with Crippen LogP contribution in [0.3, 0.4) is 0 Å². The van der Waals surface area contributed by atoms with Gasteiger partial charge in [-0.25, -0.2) is 18.4 Å². The van der Waals surface area contributed by atoms with Crippen LogP contribution in [0.4, 0.5) is 0 Å². The minimum atomic E-state index is -4.03. The van der Waals surface area contributed by atoms with Crippen LogP contribution < -0.4 is 10.5 Å². The lowest BCUT2D eigenvalue weighted by Gasteiger charge is -2.14. The molecule has 0 saturated carbocycles. The third-order valence-corrected chi connectivity index (χ3v) is 2.93. The van der Waals surface area contributed by atoms with Crippen molar-refractivity contribution in [1.29, 1.82) is 0 Å². The number of nitrogens with two attached hydrogens (primary N) is 1. The number of nitrogens with one attached hydrogen (secondary N) is 1. The van der Waals surface area contributed by atoms with E-state index in [1.54, 1.807) is 13.8 Å². The Morgan fingerprint density at radius 2 is 1.90 bits per heavy atom. The number of rotatable bonds is 5. The van der Waals surface area contributed by atoms with Gasteiger partial charge in [-0.2, -0.15) is 0 Å². The summed E-state index contributed by atoms with van der Waals surface area (Å²) in [6.07, 6.45) is -1.03. The Labute approximate surface area is 116 Å². The summed E-state index contributed by atoms with van der Waals surface area (Å²) in [5.74, 6) is -1.77. The highest BCUT2D eigenvalue weighted by atomic mass is 32.2. The Kier molecular flexibility index (Phi) is 4.90. The first-order valence-corrected chi connectivity index (χ1v) is 7.30. The number of sulfonamides is 1. The lowest BCUT2D eigenvalue weighted by Crippen LogP contribution is -2.39. The molecule has 9 heteroatoms. The van der Waals surface area contributed by atoms with E-state index < -0.39 is 33.1 Å². The highest BCUT2D eigenvalue weighted by Gasteiger charge is 2.23. The Balaban J connectivity index is 2.72. The number of ether oxygens (including phenoxy) is 1. The summed E-state index contributed by atoms with van der Waals surface area (Å²) >= 11 is 0. The lowest BCUT2D eigenvalue weighted by atomic mass is 10.3. The number of esters is 1. The molecule has 0 radical (unpaired) electrons. The van der Waals surface area contributed by atoms with E-state index in [1.807, 2.05) is 0 Å². The standard InChI is InChI=1S/C11H16N2O6S/c1-6(2)13-10(14)7(3)18-11(15)8-4-5-9(19-8)20(12,16)17/h4-7H,1-3H3,(H,13,14)(H2,12,16,17). The highest BCUT2D eigenvalue weighted by Crippen LogP contribution is 2.13. The quantitative estimate of drug-likeness (QED) is 0.736. The van der Waals surface area contributed by atoms with Crippen molar-refractivity contribution in [3.05, 3.63) is 17.9 Å². The first-order valence-electron chi connectivity index (χ1n) is 5.75. The zero-order valence-electron chi connectivity index (χ0n) is 11.2. The van der Waals surface area contributed by atoms with Gasteiger partial charge in [0.1, 0.15) is 0 Å². The van der Waals surface area contributed by atoms with Gasteiger partial charge in [0.05, 0.1) is 0 Å². The lowest BCUT2D eigenvalue weighted by molar-refractivity contribution is -0.129. The van der Waals surface area contributed by atoms with Crippen LogP contribution in [0.15, 0.2) is 21.6 Å². The second-order valence-electron chi connectivity index (χ2n) is 4.37. The molecular weight excluding hydrogens is 288 g/mol. The molecule has 8 nitrogen and oxygen atoms in total. The zero-order chi connectivity index (χ0) is 15.5. The van der Waals surface area contributed by atoms with E-state index in [9.17, 15) is 18.0 Å². The predicted octanol–water partition coefficient (Wildman–Crippen LogP) is -0.00310. The topological polar surface area (TPSA) is 129 Å². The van der Waals surface area contributed by atoms with E-state index in [-0.39, 0.29) is 11.8 Å². The average Bonchev–Trinajstić information content (AvgIpc) is 2.76. The van der Waals surface area contributed by atoms with Crippen molar-refractivity contribution < 1.29 is 27.2 Å². The molecule has 3 N–H and O–H groups in total. The molecule has 1 rings (SSSR count). The first kappa shape index (κ1) is 16.2. The molecule has 1 aromatic rings. The van der Waals surface area contributed by atoms with E-state index in [1.165, 1.54) is 6.92 Å². The van der Waals surface area contributed by atoms with Crippen molar-refractivity contribution in [2.45, 2.75) is 38.0 Å². The number of hydrogen-bond acceptors (Lipinski definition) is 6. The van der Waals surface area contributed by atoms with E-state index in [4.69, 9.17) is 14.3 Å². The Morgan fingerprint density at radius 1 is 1.30 bits per heavy atom. The predicted molar refractivity (Wildman–Crippen MR) is 68.2 cm³/mol. The van der Waals surface area contributed by atoms with E-state index in [2.05, 4.69) is 5.32 Å². The van der Waals surface area contributed by atoms with Crippen molar-refractivity contribution in [3.63, 3.8) is 0 Å². The minimum Gasteiger partial charge on any atom is -0.447 e. The summed E-state index contributed by atoms with van der Waals surface area (Å²) in [4.78, 5) is 23.2. The first-order chi connectivity index (χ1) is 9.11. The molecule has 0 spiro atoms. The second-order valence-corrected chi connectivity index (χ2v) is 5.87. The number of furan rings is 1. The number of hydrogen-bond donors (Lipinski definition) is 2. The van der Waals surface area contributed by atoms with Crippen LogP contribution in [0.2, 0.25) is 0 Å². The molecule has 0 aromatic carbocycles. The van der Waals surface area contributed by atoms with Crippen LogP contribution in [0.25, 0.3) is 0 Å². The normalized spacial score (nSPS) is 13.1. The maximum atomic E-state index is 11.7. The number of carbonyl (C=O) groups is 2. The molecule has 1 aromatic heterocycles. The molecule has 1 unspecified atom stereocenters. The van der Waals surface area contributed by atoms with Crippen LogP contribution in [0.5, 0.6) is 0 Å². The second kappa shape index (κ2) is 6.06. The third-order valence-electron chi connectivity index (χ3n) is 2.15. The molecule has 0 saturated heterocycles. The van der Waals surface area contributed by atoms with Gasteiger partial charge >= 0.3 is 5.97 Å². The zero-order valence-corrected chi connectivity index (χ0v) is 12.1. The van der Waals surface area contributed by atoms with Crippen molar-refractivity contribution in [3.8, 4) is 0 Å². The summed E-state index contributed by atoms with van der Waals surface area (Å²) in [6, 6.07) is 2.04. The Hall–Kier alpha value is -1.87. The van der Waals surface area contributed by atoms with Crippen molar-refractivity contribution in [1.82, 2.24) is 5.32 Å². The number of carbonyl (C=O) groups excluding carboxylic acids is 2. The number of amides is 1. The van der Waals surface area contributed by atoms with Gasteiger partial charge in [0.15, 0.2) is 6.10 Å². The van der Waals surface area contributed by atoms with E-state index in [0.717, 1.165) is 12.1 Å². The molecule has 0 fully saturated rings. The Morgan fingerprint density at radius 3 is 2.35 bits per heavy atom. The molecular formula is C11H16N2O6S. The fourth-order valence-corrected chi connectivity index (χ4v) is 1.72. The minimum absolute atomic E-state index is 0.0961. The fraction of sp³-hybridized carbons (Fsp3) is 0.455. The SMILES string of the molecule is CC(C)NC(=O)C(C)OC(=O)c1ccc(S(N)(=O)=O)o1. The van der Waals surface area contributed by atoms with Gasteiger partial charge in [-0.3, -0.25) is 4.79 Å². The highest BCUT2D eigenvalue weighted by molar-refractivity contribution is 7.89. The molecule has 0 aliphatic carbocycles. The molecule has 1 atom stereocenters. The summed E-state index contributed by atoms with van der Waals surface area (Å²) in [5.41, 5.74) is 0. The molecule has 112 valence electrons. The number of primary sulfonamides is 1. The van der Waals surface area contributed by atoms with Crippen LogP contribution in [0, 0.1) is 0 Å². The van der Waals surface area contributed by atoms with Crippen molar-refractivity contribution >= 4 is 21.9 Å². The van der Waals surface area contributed by atoms with E-state index >= 15 is 0 Å². The van der Waals surface area contributed by atoms with Gasteiger partial charge in [-0.05, 0) is 32.9 Å². The van der Waals surface area contributed by atoms with Gasteiger partial charge in [-0.1, -0.05) is 0 Å². The van der Waals surface area contributed by atoms with E-state index in [0.29, 0.717) is 0 Å². The van der Waals surface area contributed by atoms with Crippen LogP contribution in [0.1, 0.15) is 31.3 Å². The summed E-state index contributed by atoms with van der Waals surface area (Å²) in [7, 11) is -4.03. The third kappa shape index (κ3) is 4.35. The van der Waals surface area contributed by atoms with Crippen LogP contribution in [-0.4, -0.2) is 32.4 Å². The van der Waals surface area contributed by atoms with Crippen molar-refractivity contribution in [2.75, 3.05) is 0 Å². The van der Waals surface area contributed by atoms with Gasteiger partial charge in [-0.15, -0.1) is 0 Å². The molecule has 1 heterocycles. The molecule has 0 aliphatic rings. The molecule has 0 aliphatic heterocycles. The van der Waals surface area contributed by atoms with Gasteiger partial charge in [0, 0.05) is 6.04 Å². The van der Waals surface area contributed by atoms with Gasteiger partial charge in [0.25, 0.3) is 15.9 Å². The molecule has 1 amide bonds. The average molecular weight is 304 g/mol. The van der Waals surface area contributed by atoms with Crippen molar-refractivity contribution in [2.24, 2.45) is 5.14 Å². The maximum Gasteiger partial charge on any atom is 0.375 e.